The van der Waals surface area contributed by atoms with Crippen molar-refractivity contribution in [1.82, 2.24) is 10.2 Å². The Morgan fingerprint density at radius 2 is 1.97 bits per heavy atom. The number of nitrogens with one attached hydrogen (secondary N) is 2. The number of hydrogen-bond donors (Lipinski definition) is 3. The monoisotopic (exact) mass is 435 g/mol. The van der Waals surface area contributed by atoms with Crippen molar-refractivity contribution in [3.63, 3.8) is 0 Å². The Morgan fingerprint density at radius 3 is 2.74 bits per heavy atom. The number of rotatable bonds is 3. The number of anilines is 3. The predicted octanol–water partition coefficient (Wildman–Crippen LogP) is 4.26. The minimum absolute atomic E-state index is 0.159. The van der Waals surface area contributed by atoms with Crippen molar-refractivity contribution >= 4 is 17.4 Å². The molecule has 3 aromatic rings. The highest BCUT2D eigenvalue weighted by Gasteiger charge is 2.43. The Balaban J connectivity index is 1.34. The maximum Gasteiger partial charge on any atom is 0.470 e. The number of alkyl halides is 3. The third-order valence-electron chi connectivity index (χ3n) is 5.52. The molecule has 0 spiro atoms. The Morgan fingerprint density at radius 1 is 1.13 bits per heavy atom. The second-order valence-corrected chi connectivity index (χ2v) is 7.55. The van der Waals surface area contributed by atoms with Gasteiger partial charge in [-0.15, -0.1) is 5.10 Å². The van der Waals surface area contributed by atoms with Crippen LogP contribution in [0.5, 0.6) is 0 Å². The Kier molecular flexibility index (Phi) is 4.41. The Hall–Kier alpha value is -3.18. The molecule has 31 heavy (non-hydrogen) atoms. The number of nitrogens with zero attached hydrogens (tertiary/aromatic N) is 2. The molecule has 0 amide bonds. The van der Waals surface area contributed by atoms with Gasteiger partial charge in [0.15, 0.2) is 5.85 Å². The van der Waals surface area contributed by atoms with Gasteiger partial charge in [-0.3, -0.25) is 5.73 Å². The zero-order valence-corrected chi connectivity index (χ0v) is 16.0. The molecule has 2 aromatic carbocycles. The lowest BCUT2D eigenvalue weighted by molar-refractivity contribution is -0.156. The molecule has 0 fully saturated rings. The number of benzene rings is 2. The smallest absolute Gasteiger partial charge is 0.399 e. The summed E-state index contributed by atoms with van der Waals surface area (Å²) in [6, 6.07) is 9.38. The fourth-order valence-corrected chi connectivity index (χ4v) is 4.09. The summed E-state index contributed by atoms with van der Waals surface area (Å²) < 4.78 is 61.9. The van der Waals surface area contributed by atoms with E-state index < -0.39 is 17.9 Å². The summed E-state index contributed by atoms with van der Waals surface area (Å²) in [6.07, 6.45) is -3.28. The molecule has 4 N–H and O–H groups in total. The second-order valence-electron chi connectivity index (χ2n) is 7.55. The molecule has 2 heterocycles. The van der Waals surface area contributed by atoms with Crippen LogP contribution < -0.4 is 16.4 Å². The first-order chi connectivity index (χ1) is 14.7. The van der Waals surface area contributed by atoms with Gasteiger partial charge in [0.25, 0.3) is 0 Å². The molecule has 1 aliphatic carbocycles. The van der Waals surface area contributed by atoms with Crippen molar-refractivity contribution in [1.29, 1.82) is 0 Å². The van der Waals surface area contributed by atoms with Crippen LogP contribution in [-0.2, 0) is 23.9 Å². The lowest BCUT2D eigenvalue weighted by Crippen LogP contribution is -2.56. The van der Waals surface area contributed by atoms with Crippen LogP contribution in [0.4, 0.5) is 35.0 Å². The second kappa shape index (κ2) is 6.92. The highest BCUT2D eigenvalue weighted by molar-refractivity contribution is 5.64. The van der Waals surface area contributed by atoms with Gasteiger partial charge in [0.2, 0.25) is 0 Å². The third-order valence-corrected chi connectivity index (χ3v) is 5.52. The topological polar surface area (TPSA) is 98.2 Å². The summed E-state index contributed by atoms with van der Waals surface area (Å²) >= 11 is 0. The molecule has 2 atom stereocenters. The Bertz CT molecular complexity index is 1150. The summed E-state index contributed by atoms with van der Waals surface area (Å²) in [7, 11) is 0. The van der Waals surface area contributed by atoms with E-state index in [2.05, 4.69) is 25.2 Å². The zero-order chi connectivity index (χ0) is 21.8. The molecule has 0 saturated carbocycles. The maximum atomic E-state index is 13.5. The van der Waals surface area contributed by atoms with E-state index in [0.29, 0.717) is 12.1 Å². The average Bonchev–Trinajstić information content (AvgIpc) is 3.35. The van der Waals surface area contributed by atoms with E-state index in [-0.39, 0.29) is 24.4 Å². The van der Waals surface area contributed by atoms with E-state index in [9.17, 15) is 17.6 Å². The van der Waals surface area contributed by atoms with Crippen LogP contribution >= 0.6 is 0 Å². The van der Waals surface area contributed by atoms with E-state index in [1.165, 1.54) is 12.1 Å². The number of halogens is 4. The molecule has 162 valence electrons. The zero-order valence-electron chi connectivity index (χ0n) is 16.0. The number of fused-ring (bicyclic) bond motifs is 2. The quantitative estimate of drug-likeness (QED) is 0.529. The molecule has 11 heteroatoms. The molecule has 0 bridgehead atoms. The van der Waals surface area contributed by atoms with Gasteiger partial charge in [-0.25, -0.2) is 4.39 Å². The van der Waals surface area contributed by atoms with Gasteiger partial charge in [-0.05, 0) is 54.3 Å². The van der Waals surface area contributed by atoms with Gasteiger partial charge in [0.1, 0.15) is 5.82 Å². The van der Waals surface area contributed by atoms with Gasteiger partial charge >= 0.3 is 18.1 Å². The summed E-state index contributed by atoms with van der Waals surface area (Å²) in [5.74, 6) is -3.04. The third kappa shape index (κ3) is 3.59. The van der Waals surface area contributed by atoms with Crippen LogP contribution in [0, 0.1) is 5.82 Å². The van der Waals surface area contributed by atoms with Gasteiger partial charge in [-0.1, -0.05) is 11.2 Å². The first-order valence-corrected chi connectivity index (χ1v) is 9.51. The summed E-state index contributed by atoms with van der Waals surface area (Å²) in [5, 5.41) is 12.2. The van der Waals surface area contributed by atoms with E-state index in [4.69, 9.17) is 10.5 Å². The lowest BCUT2D eigenvalue weighted by Gasteiger charge is -2.41. The minimum Gasteiger partial charge on any atom is -0.399 e. The first kappa shape index (κ1) is 19.8. The molecule has 0 saturated heterocycles. The van der Waals surface area contributed by atoms with Crippen LogP contribution in [0.1, 0.15) is 34.9 Å². The van der Waals surface area contributed by atoms with Crippen LogP contribution in [0.3, 0.4) is 0 Å². The largest absolute Gasteiger partial charge is 0.470 e. The maximum absolute atomic E-state index is 13.5. The standard InChI is InChI=1S/C20H17F4N5O2/c21-12-2-4-14-10(7-12)1-5-15(14)20(25)27-16-6-3-13(8-11(16)9-30-20)26-18-29-28-17(31-18)19(22,23)24/h2-4,6-8,15,27H,1,5,9,25H2,(H,26,29). The van der Waals surface area contributed by atoms with Crippen LogP contribution in [0.2, 0.25) is 0 Å². The highest BCUT2D eigenvalue weighted by Crippen LogP contribution is 2.43. The number of ether oxygens (including phenoxy) is 1. The predicted molar refractivity (Wildman–Crippen MR) is 102 cm³/mol. The number of aryl methyl sites for hydroxylation is 1. The average molecular weight is 435 g/mol. The minimum atomic E-state index is -4.71. The van der Waals surface area contributed by atoms with E-state index in [1.807, 2.05) is 0 Å². The molecule has 5 rings (SSSR count). The van der Waals surface area contributed by atoms with Gasteiger partial charge in [-0.2, -0.15) is 13.2 Å². The molecule has 7 nitrogen and oxygen atoms in total. The number of nitrogens with two attached hydrogens (primary N) is 1. The van der Waals surface area contributed by atoms with Crippen molar-refractivity contribution in [2.24, 2.45) is 5.73 Å². The van der Waals surface area contributed by atoms with Gasteiger partial charge in [0, 0.05) is 22.9 Å². The number of aromatic nitrogens is 2. The first-order valence-electron chi connectivity index (χ1n) is 9.51. The van der Waals surface area contributed by atoms with Crippen molar-refractivity contribution in [3.8, 4) is 0 Å². The Labute approximate surface area is 173 Å². The fourth-order valence-electron chi connectivity index (χ4n) is 4.09. The van der Waals surface area contributed by atoms with E-state index >= 15 is 0 Å². The van der Waals surface area contributed by atoms with Crippen LogP contribution in [-0.4, -0.2) is 16.0 Å². The van der Waals surface area contributed by atoms with Crippen LogP contribution in [0.25, 0.3) is 0 Å². The fraction of sp³-hybridized carbons (Fsp3) is 0.300. The van der Waals surface area contributed by atoms with Gasteiger partial charge < -0.3 is 19.8 Å². The van der Waals surface area contributed by atoms with Crippen LogP contribution in [0.15, 0.2) is 40.8 Å². The summed E-state index contributed by atoms with van der Waals surface area (Å²) in [4.78, 5) is 0. The summed E-state index contributed by atoms with van der Waals surface area (Å²) in [5.41, 5.74) is 10.4. The number of hydrogen-bond acceptors (Lipinski definition) is 7. The molecule has 0 radical (unpaired) electrons. The molecule has 1 aromatic heterocycles. The summed E-state index contributed by atoms with van der Waals surface area (Å²) in [6.45, 7) is 0.180. The SMILES string of the molecule is NC1(C2CCc3cc(F)ccc32)Nc2ccc(Nc3nnc(C(F)(F)F)o3)cc2CO1. The van der Waals surface area contributed by atoms with Crippen molar-refractivity contribution < 1.29 is 26.7 Å². The van der Waals surface area contributed by atoms with Crippen molar-refractivity contribution in [2.45, 2.75) is 37.4 Å². The van der Waals surface area contributed by atoms with E-state index in [0.717, 1.165) is 28.8 Å². The lowest BCUT2D eigenvalue weighted by atomic mass is 9.94. The van der Waals surface area contributed by atoms with Crippen molar-refractivity contribution in [2.75, 3.05) is 10.6 Å². The molecule has 2 unspecified atom stereocenters. The van der Waals surface area contributed by atoms with Gasteiger partial charge in [0.05, 0.1) is 6.61 Å². The highest BCUT2D eigenvalue weighted by atomic mass is 19.4. The van der Waals surface area contributed by atoms with E-state index in [1.54, 1.807) is 24.3 Å². The normalized spacial score (nSPS) is 22.5. The molecule has 1 aliphatic heterocycles. The van der Waals surface area contributed by atoms with Crippen molar-refractivity contribution in [3.05, 3.63) is 64.8 Å². The molecular weight excluding hydrogens is 418 g/mol. The molecular formula is C20H17F4N5O2. The molecule has 2 aliphatic rings.